The number of ether oxygens (including phenoxy) is 1. The third-order valence-corrected chi connectivity index (χ3v) is 3.54. The van der Waals surface area contributed by atoms with Crippen LogP contribution >= 0.6 is 11.8 Å². The number of pyridine rings is 1. The van der Waals surface area contributed by atoms with Crippen LogP contribution in [0.3, 0.4) is 0 Å². The van der Waals surface area contributed by atoms with Crippen molar-refractivity contribution in [3.8, 4) is 5.75 Å². The van der Waals surface area contributed by atoms with Gasteiger partial charge < -0.3 is 10.5 Å². The topological polar surface area (TPSA) is 52.5 Å². The second-order valence-corrected chi connectivity index (χ2v) is 5.05. The van der Waals surface area contributed by atoms with Crippen LogP contribution in [-0.4, -0.2) is 28.0 Å². The number of fused-ring (bicyclic) bond motifs is 1. The van der Waals surface area contributed by atoms with Gasteiger partial charge in [0.05, 0.1) is 12.8 Å². The third-order valence-electron chi connectivity index (χ3n) is 2.63. The highest BCUT2D eigenvalue weighted by molar-refractivity contribution is 7.99. The van der Waals surface area contributed by atoms with Gasteiger partial charge in [0.1, 0.15) is 5.82 Å². The summed E-state index contributed by atoms with van der Waals surface area (Å²) in [6.07, 6.45) is 2.81. The molecule has 2 rings (SSSR count). The highest BCUT2D eigenvalue weighted by Crippen LogP contribution is 2.23. The Kier molecular flexibility index (Phi) is 3.78. The lowest BCUT2D eigenvalue weighted by atomic mass is 10.3. The molecule has 0 amide bonds. The average Bonchev–Trinajstić information content (AvgIpc) is 2.67. The summed E-state index contributed by atoms with van der Waals surface area (Å²) in [5.74, 6) is 3.65. The fraction of sp³-hybridized carbons (Fsp3) is 0.417. The first-order valence-corrected chi connectivity index (χ1v) is 6.80. The molecule has 0 aliphatic rings. The van der Waals surface area contributed by atoms with Crippen molar-refractivity contribution in [3.63, 3.8) is 0 Å². The molecule has 5 heteroatoms. The fourth-order valence-corrected chi connectivity index (χ4v) is 2.39. The van der Waals surface area contributed by atoms with E-state index in [1.165, 1.54) is 0 Å². The number of imidazole rings is 1. The molecular formula is C12H17N3OS. The van der Waals surface area contributed by atoms with Crippen molar-refractivity contribution < 1.29 is 4.74 Å². The number of nitrogens with zero attached hydrogens (tertiary/aromatic N) is 2. The number of nitrogen functional groups attached to an aromatic ring is 1. The molecule has 2 aromatic heterocycles. The zero-order valence-corrected chi connectivity index (χ0v) is 11.0. The van der Waals surface area contributed by atoms with Crippen LogP contribution < -0.4 is 10.5 Å². The van der Waals surface area contributed by atoms with Gasteiger partial charge >= 0.3 is 0 Å². The first-order chi connectivity index (χ1) is 8.27. The molecular weight excluding hydrogens is 234 g/mol. The summed E-state index contributed by atoms with van der Waals surface area (Å²) in [6.45, 7) is 2.15. The van der Waals surface area contributed by atoms with E-state index >= 15 is 0 Å². The van der Waals surface area contributed by atoms with E-state index in [1.54, 1.807) is 7.11 Å². The standard InChI is InChI=1S/C12H17N3OS/c1-3-17-8-6-9-11(13)15-7-4-5-10(16-2)12(15)14-9/h4-5,7H,3,6,8,13H2,1-2H3. The van der Waals surface area contributed by atoms with Crippen molar-refractivity contribution in [2.24, 2.45) is 0 Å². The van der Waals surface area contributed by atoms with Gasteiger partial charge in [0, 0.05) is 12.6 Å². The molecule has 0 saturated carbocycles. The van der Waals surface area contributed by atoms with Crippen molar-refractivity contribution in [1.82, 2.24) is 9.38 Å². The number of aryl methyl sites for hydroxylation is 1. The van der Waals surface area contributed by atoms with Crippen LogP contribution in [0.1, 0.15) is 12.6 Å². The van der Waals surface area contributed by atoms with Gasteiger partial charge in [-0.05, 0) is 23.6 Å². The van der Waals surface area contributed by atoms with E-state index in [-0.39, 0.29) is 0 Å². The summed E-state index contributed by atoms with van der Waals surface area (Å²) in [5.41, 5.74) is 7.83. The van der Waals surface area contributed by atoms with Gasteiger partial charge in [0.25, 0.3) is 0 Å². The molecule has 17 heavy (non-hydrogen) atoms. The largest absolute Gasteiger partial charge is 0.493 e. The van der Waals surface area contributed by atoms with Gasteiger partial charge in [-0.1, -0.05) is 6.92 Å². The Hall–Kier alpha value is -1.36. The number of hydrogen-bond acceptors (Lipinski definition) is 4. The predicted octanol–water partition coefficient (Wildman–Crippen LogP) is 2.22. The molecule has 2 N–H and O–H groups in total. The lowest BCUT2D eigenvalue weighted by Gasteiger charge is -2.01. The van der Waals surface area contributed by atoms with Gasteiger partial charge in [0.15, 0.2) is 11.4 Å². The molecule has 92 valence electrons. The van der Waals surface area contributed by atoms with Gasteiger partial charge in [-0.3, -0.25) is 4.40 Å². The van der Waals surface area contributed by atoms with E-state index in [1.807, 2.05) is 34.5 Å². The number of anilines is 1. The zero-order valence-electron chi connectivity index (χ0n) is 10.1. The van der Waals surface area contributed by atoms with E-state index in [0.717, 1.165) is 40.8 Å². The van der Waals surface area contributed by atoms with Crippen molar-refractivity contribution in [2.75, 3.05) is 24.3 Å². The second kappa shape index (κ2) is 5.31. The van der Waals surface area contributed by atoms with E-state index < -0.39 is 0 Å². The summed E-state index contributed by atoms with van der Waals surface area (Å²) >= 11 is 1.90. The molecule has 0 spiro atoms. The predicted molar refractivity (Wildman–Crippen MR) is 72.9 cm³/mol. The first-order valence-electron chi connectivity index (χ1n) is 5.65. The fourth-order valence-electron chi connectivity index (χ4n) is 1.76. The Balaban J connectivity index is 2.35. The molecule has 0 radical (unpaired) electrons. The van der Waals surface area contributed by atoms with E-state index in [2.05, 4.69) is 11.9 Å². The number of methoxy groups -OCH3 is 1. The molecule has 0 bridgehead atoms. The lowest BCUT2D eigenvalue weighted by Crippen LogP contribution is -1.98. The molecule has 0 atom stereocenters. The third kappa shape index (κ3) is 2.34. The Labute approximate surface area is 105 Å². The maximum Gasteiger partial charge on any atom is 0.181 e. The number of aromatic nitrogens is 2. The molecule has 0 fully saturated rings. The number of hydrogen-bond donors (Lipinski definition) is 1. The quantitative estimate of drug-likeness (QED) is 0.828. The van der Waals surface area contributed by atoms with Crippen LogP contribution in [0.5, 0.6) is 5.75 Å². The molecule has 4 nitrogen and oxygen atoms in total. The number of rotatable bonds is 5. The Bertz CT molecular complexity index is 510. The number of thioether (sulfide) groups is 1. The summed E-state index contributed by atoms with van der Waals surface area (Å²) in [6, 6.07) is 3.81. The Morgan fingerprint density at radius 2 is 2.35 bits per heavy atom. The van der Waals surface area contributed by atoms with Crippen LogP contribution in [0.25, 0.3) is 5.65 Å². The number of nitrogens with two attached hydrogens (primary N) is 1. The molecule has 2 heterocycles. The highest BCUT2D eigenvalue weighted by atomic mass is 32.2. The molecule has 0 unspecified atom stereocenters. The monoisotopic (exact) mass is 251 g/mol. The smallest absolute Gasteiger partial charge is 0.181 e. The van der Waals surface area contributed by atoms with Gasteiger partial charge in [-0.15, -0.1) is 0 Å². The maximum atomic E-state index is 6.08. The molecule has 2 aromatic rings. The van der Waals surface area contributed by atoms with Gasteiger partial charge in [-0.2, -0.15) is 11.8 Å². The van der Waals surface area contributed by atoms with Crippen LogP contribution in [0.15, 0.2) is 18.3 Å². The second-order valence-electron chi connectivity index (χ2n) is 3.66. The van der Waals surface area contributed by atoms with E-state index in [4.69, 9.17) is 10.5 Å². The van der Waals surface area contributed by atoms with Crippen LogP contribution in [-0.2, 0) is 6.42 Å². The molecule has 0 aromatic carbocycles. The SMILES string of the molecule is CCSCCc1nc2c(OC)cccn2c1N. The minimum atomic E-state index is 0.718. The van der Waals surface area contributed by atoms with Crippen molar-refractivity contribution in [3.05, 3.63) is 24.0 Å². The first kappa shape index (κ1) is 12.1. The summed E-state index contributed by atoms with van der Waals surface area (Å²) in [5, 5.41) is 0. The minimum absolute atomic E-state index is 0.718. The Morgan fingerprint density at radius 1 is 1.53 bits per heavy atom. The molecule has 0 aliphatic carbocycles. The van der Waals surface area contributed by atoms with Crippen LogP contribution in [0, 0.1) is 0 Å². The summed E-state index contributed by atoms with van der Waals surface area (Å²) in [4.78, 5) is 4.55. The normalized spacial score (nSPS) is 10.9. The molecule has 0 saturated heterocycles. The average molecular weight is 251 g/mol. The molecule has 0 aliphatic heterocycles. The maximum absolute atomic E-state index is 6.08. The van der Waals surface area contributed by atoms with E-state index in [9.17, 15) is 0 Å². The van der Waals surface area contributed by atoms with Crippen molar-refractivity contribution in [2.45, 2.75) is 13.3 Å². The highest BCUT2D eigenvalue weighted by Gasteiger charge is 2.11. The zero-order chi connectivity index (χ0) is 12.3. The van der Waals surface area contributed by atoms with Crippen molar-refractivity contribution in [1.29, 1.82) is 0 Å². The Morgan fingerprint density at radius 3 is 3.06 bits per heavy atom. The summed E-state index contributed by atoms with van der Waals surface area (Å²) in [7, 11) is 1.65. The van der Waals surface area contributed by atoms with Crippen LogP contribution in [0.4, 0.5) is 5.82 Å². The lowest BCUT2D eigenvalue weighted by molar-refractivity contribution is 0.417. The van der Waals surface area contributed by atoms with Gasteiger partial charge in [-0.25, -0.2) is 4.98 Å². The van der Waals surface area contributed by atoms with E-state index in [0.29, 0.717) is 0 Å². The minimum Gasteiger partial charge on any atom is -0.493 e. The van der Waals surface area contributed by atoms with Crippen LogP contribution in [0.2, 0.25) is 0 Å². The van der Waals surface area contributed by atoms with Gasteiger partial charge in [0.2, 0.25) is 0 Å². The summed E-state index contributed by atoms with van der Waals surface area (Å²) < 4.78 is 7.16. The van der Waals surface area contributed by atoms with Crippen molar-refractivity contribution >= 4 is 23.2 Å².